The molecule has 0 aliphatic heterocycles. The summed E-state index contributed by atoms with van der Waals surface area (Å²) in [6.45, 7) is 2.05. The van der Waals surface area contributed by atoms with E-state index in [0.29, 0.717) is 11.5 Å². The quantitative estimate of drug-likeness (QED) is 0.599. The zero-order chi connectivity index (χ0) is 17.2. The highest BCUT2D eigenvalue weighted by molar-refractivity contribution is 5.85. The molecule has 0 heterocycles. The summed E-state index contributed by atoms with van der Waals surface area (Å²) in [6.07, 6.45) is 3.68. The van der Waals surface area contributed by atoms with E-state index in [2.05, 4.69) is 17.5 Å². The molecule has 1 amide bonds. The van der Waals surface area contributed by atoms with Gasteiger partial charge in [0.15, 0.2) is 6.61 Å². The monoisotopic (exact) mass is 326 g/mol. The van der Waals surface area contributed by atoms with Crippen molar-refractivity contribution >= 4 is 12.1 Å². The Morgan fingerprint density at radius 3 is 2.62 bits per heavy atom. The number of nitrogens with one attached hydrogen (secondary N) is 1. The second-order valence-corrected chi connectivity index (χ2v) is 5.22. The van der Waals surface area contributed by atoms with Crippen LogP contribution in [-0.2, 0) is 11.2 Å². The third-order valence-corrected chi connectivity index (χ3v) is 3.36. The van der Waals surface area contributed by atoms with Crippen LogP contribution in [0.25, 0.3) is 0 Å². The van der Waals surface area contributed by atoms with Gasteiger partial charge in [-0.3, -0.25) is 4.79 Å². The third kappa shape index (κ3) is 5.43. The fraction of sp³-hybridized carbons (Fsp3) is 0.263. The van der Waals surface area contributed by atoms with Crippen LogP contribution < -0.4 is 14.9 Å². The van der Waals surface area contributed by atoms with Crippen molar-refractivity contribution in [3.63, 3.8) is 0 Å². The molecule has 0 aliphatic carbocycles. The zero-order valence-corrected chi connectivity index (χ0v) is 14.0. The van der Waals surface area contributed by atoms with Gasteiger partial charge in [-0.25, -0.2) is 5.43 Å². The number of hydrogen-bond donors (Lipinski definition) is 1. The maximum absolute atomic E-state index is 11.7. The highest BCUT2D eigenvalue weighted by Crippen LogP contribution is 2.14. The van der Waals surface area contributed by atoms with Crippen LogP contribution in [-0.4, -0.2) is 25.8 Å². The van der Waals surface area contributed by atoms with E-state index in [1.54, 1.807) is 7.11 Å². The highest BCUT2D eigenvalue weighted by Gasteiger charge is 2.02. The number of rotatable bonds is 8. The van der Waals surface area contributed by atoms with Gasteiger partial charge in [-0.2, -0.15) is 5.10 Å². The standard InChI is InChI=1S/C19H22N2O3/c1-3-6-15-9-11-17(12-10-15)24-14-19(22)21-20-13-16-7-4-5-8-18(16)23-2/h4-5,7-13H,3,6,14H2,1-2H3,(H,21,22)/b20-13-. The maximum Gasteiger partial charge on any atom is 0.277 e. The molecule has 0 saturated carbocycles. The molecule has 0 spiro atoms. The molecule has 5 heteroatoms. The minimum Gasteiger partial charge on any atom is -0.496 e. The summed E-state index contributed by atoms with van der Waals surface area (Å²) in [5, 5.41) is 3.92. The average Bonchev–Trinajstić information content (AvgIpc) is 2.62. The van der Waals surface area contributed by atoms with E-state index in [1.807, 2.05) is 48.5 Å². The molecule has 1 N–H and O–H groups in total. The largest absolute Gasteiger partial charge is 0.496 e. The van der Waals surface area contributed by atoms with Crippen molar-refractivity contribution < 1.29 is 14.3 Å². The van der Waals surface area contributed by atoms with Crippen LogP contribution >= 0.6 is 0 Å². The molecule has 0 bridgehead atoms. The molecule has 5 nitrogen and oxygen atoms in total. The summed E-state index contributed by atoms with van der Waals surface area (Å²) in [7, 11) is 1.59. The minimum atomic E-state index is -0.321. The van der Waals surface area contributed by atoms with Crippen LogP contribution in [0.4, 0.5) is 0 Å². The van der Waals surface area contributed by atoms with Crippen molar-refractivity contribution in [2.24, 2.45) is 5.10 Å². The smallest absolute Gasteiger partial charge is 0.277 e. The van der Waals surface area contributed by atoms with Gasteiger partial charge < -0.3 is 9.47 Å². The molecule has 0 aromatic heterocycles. The van der Waals surface area contributed by atoms with Crippen LogP contribution in [0.1, 0.15) is 24.5 Å². The predicted molar refractivity (Wildman–Crippen MR) is 94.7 cm³/mol. The second kappa shape index (κ2) is 9.35. The molecule has 0 unspecified atom stereocenters. The van der Waals surface area contributed by atoms with E-state index in [9.17, 15) is 4.79 Å². The first-order valence-corrected chi connectivity index (χ1v) is 7.89. The number of aryl methyl sites for hydroxylation is 1. The van der Waals surface area contributed by atoms with Crippen LogP contribution in [0.15, 0.2) is 53.6 Å². The molecule has 0 fully saturated rings. The van der Waals surface area contributed by atoms with Crippen LogP contribution in [0.5, 0.6) is 11.5 Å². The number of nitrogens with zero attached hydrogens (tertiary/aromatic N) is 1. The summed E-state index contributed by atoms with van der Waals surface area (Å²) >= 11 is 0. The molecule has 2 rings (SSSR count). The van der Waals surface area contributed by atoms with Gasteiger partial charge in [0.25, 0.3) is 5.91 Å². The van der Waals surface area contributed by atoms with Gasteiger partial charge in [0.1, 0.15) is 11.5 Å². The molecule has 0 aliphatic rings. The molecule has 2 aromatic rings. The fourth-order valence-electron chi connectivity index (χ4n) is 2.17. The lowest BCUT2D eigenvalue weighted by Gasteiger charge is -2.06. The highest BCUT2D eigenvalue weighted by atomic mass is 16.5. The van der Waals surface area contributed by atoms with E-state index >= 15 is 0 Å². The van der Waals surface area contributed by atoms with Crippen LogP contribution in [0.2, 0.25) is 0 Å². The average molecular weight is 326 g/mol. The van der Waals surface area contributed by atoms with E-state index in [-0.39, 0.29) is 12.5 Å². The lowest BCUT2D eigenvalue weighted by molar-refractivity contribution is -0.123. The van der Waals surface area contributed by atoms with E-state index in [1.165, 1.54) is 11.8 Å². The van der Waals surface area contributed by atoms with Gasteiger partial charge >= 0.3 is 0 Å². The number of hydrazone groups is 1. The van der Waals surface area contributed by atoms with Crippen LogP contribution in [0.3, 0.4) is 0 Å². The van der Waals surface area contributed by atoms with Gasteiger partial charge in [0.05, 0.1) is 13.3 Å². The number of carbonyl (C=O) groups is 1. The lowest BCUT2D eigenvalue weighted by atomic mass is 10.1. The van der Waals surface area contributed by atoms with Crippen molar-refractivity contribution in [3.8, 4) is 11.5 Å². The molecule has 0 radical (unpaired) electrons. The molecular weight excluding hydrogens is 304 g/mol. The number of amides is 1. The summed E-state index contributed by atoms with van der Waals surface area (Å²) in [5.41, 5.74) is 4.48. The topological polar surface area (TPSA) is 59.9 Å². The predicted octanol–water partition coefficient (Wildman–Crippen LogP) is 3.18. The molecule has 126 valence electrons. The van der Waals surface area contributed by atoms with E-state index < -0.39 is 0 Å². The Kier molecular flexibility index (Phi) is 6.83. The second-order valence-electron chi connectivity index (χ2n) is 5.22. The summed E-state index contributed by atoms with van der Waals surface area (Å²) in [4.78, 5) is 11.7. The molecule has 2 aromatic carbocycles. The number of methoxy groups -OCH3 is 1. The first-order valence-electron chi connectivity index (χ1n) is 7.89. The number of carbonyl (C=O) groups excluding carboxylic acids is 1. The minimum absolute atomic E-state index is 0.0869. The zero-order valence-electron chi connectivity index (χ0n) is 14.0. The Bertz CT molecular complexity index is 681. The summed E-state index contributed by atoms with van der Waals surface area (Å²) in [6, 6.07) is 15.2. The Morgan fingerprint density at radius 1 is 1.17 bits per heavy atom. The number of hydrogen-bond acceptors (Lipinski definition) is 4. The van der Waals surface area contributed by atoms with Crippen molar-refractivity contribution in [2.75, 3.05) is 13.7 Å². The van der Waals surface area contributed by atoms with Crippen molar-refractivity contribution in [1.29, 1.82) is 0 Å². The number of benzene rings is 2. The van der Waals surface area contributed by atoms with Crippen LogP contribution in [0, 0.1) is 0 Å². The third-order valence-electron chi connectivity index (χ3n) is 3.36. The summed E-state index contributed by atoms with van der Waals surface area (Å²) < 4.78 is 10.6. The Balaban J connectivity index is 1.79. The summed E-state index contributed by atoms with van der Waals surface area (Å²) in [5.74, 6) is 1.04. The van der Waals surface area contributed by atoms with Crippen molar-refractivity contribution in [2.45, 2.75) is 19.8 Å². The van der Waals surface area contributed by atoms with Gasteiger partial charge in [-0.1, -0.05) is 37.6 Å². The Labute approximate surface area is 142 Å². The van der Waals surface area contributed by atoms with E-state index in [0.717, 1.165) is 18.4 Å². The Hall–Kier alpha value is -2.82. The fourth-order valence-corrected chi connectivity index (χ4v) is 2.17. The van der Waals surface area contributed by atoms with Gasteiger partial charge in [-0.15, -0.1) is 0 Å². The lowest BCUT2D eigenvalue weighted by Crippen LogP contribution is -2.24. The molecule has 0 atom stereocenters. The number of ether oxygens (including phenoxy) is 2. The maximum atomic E-state index is 11.7. The number of para-hydroxylation sites is 1. The van der Waals surface area contributed by atoms with Gasteiger partial charge in [-0.05, 0) is 36.2 Å². The van der Waals surface area contributed by atoms with Gasteiger partial charge in [0, 0.05) is 5.56 Å². The normalized spacial score (nSPS) is 10.6. The SMILES string of the molecule is CCCc1ccc(OCC(=O)N/N=C\c2ccccc2OC)cc1. The molecule has 24 heavy (non-hydrogen) atoms. The first kappa shape index (κ1) is 17.5. The van der Waals surface area contributed by atoms with E-state index in [4.69, 9.17) is 9.47 Å². The molecular formula is C19H22N2O3. The first-order chi connectivity index (χ1) is 11.7. The van der Waals surface area contributed by atoms with Crippen molar-refractivity contribution in [1.82, 2.24) is 5.43 Å². The van der Waals surface area contributed by atoms with Gasteiger partial charge in [0.2, 0.25) is 0 Å². The van der Waals surface area contributed by atoms with Crippen molar-refractivity contribution in [3.05, 3.63) is 59.7 Å². The Morgan fingerprint density at radius 2 is 1.92 bits per heavy atom. The molecule has 0 saturated heterocycles.